The van der Waals surface area contributed by atoms with Gasteiger partial charge in [0.25, 0.3) is 5.91 Å². The first kappa shape index (κ1) is 21.2. The lowest BCUT2D eigenvalue weighted by Gasteiger charge is -2.26. The molecule has 1 fully saturated rings. The van der Waals surface area contributed by atoms with Crippen LogP contribution in [0.25, 0.3) is 0 Å². The van der Waals surface area contributed by atoms with Gasteiger partial charge in [0.1, 0.15) is 0 Å². The molecule has 146 valence electrons. The highest BCUT2D eigenvalue weighted by molar-refractivity contribution is 8.00. The smallest absolute Gasteiger partial charge is 0.251 e. The van der Waals surface area contributed by atoms with E-state index in [9.17, 15) is 13.2 Å². The summed E-state index contributed by atoms with van der Waals surface area (Å²) in [4.78, 5) is 12.6. The quantitative estimate of drug-likeness (QED) is 0.742. The molecular formula is C18H28N2O4S2. The fourth-order valence-corrected chi connectivity index (χ4v) is 4.81. The number of aryl methyl sites for hydroxylation is 1. The van der Waals surface area contributed by atoms with Gasteiger partial charge in [-0.3, -0.25) is 4.79 Å². The number of nitrogens with one attached hydrogen (secondary N) is 1. The number of rotatable bonds is 6. The number of carbonyl (C=O) groups is 1. The minimum atomic E-state index is -3.61. The van der Waals surface area contributed by atoms with Crippen LogP contribution in [-0.4, -0.2) is 62.0 Å². The lowest BCUT2D eigenvalue weighted by molar-refractivity contribution is 0.0730. The molecule has 1 aromatic carbocycles. The molecule has 6 nitrogen and oxygen atoms in total. The molecule has 1 amide bonds. The Morgan fingerprint density at radius 1 is 1.27 bits per heavy atom. The molecule has 0 unspecified atom stereocenters. The van der Waals surface area contributed by atoms with E-state index in [-0.39, 0.29) is 15.5 Å². The lowest BCUT2D eigenvalue weighted by atomic mass is 10.1. The maximum atomic E-state index is 12.8. The van der Waals surface area contributed by atoms with Gasteiger partial charge in [0.05, 0.1) is 18.1 Å². The van der Waals surface area contributed by atoms with Crippen molar-refractivity contribution in [3.8, 4) is 0 Å². The average molecular weight is 401 g/mol. The highest BCUT2D eigenvalue weighted by atomic mass is 32.2. The first-order chi connectivity index (χ1) is 12.1. The summed E-state index contributed by atoms with van der Waals surface area (Å²) in [5.74, 6) is 0.566. The summed E-state index contributed by atoms with van der Waals surface area (Å²) < 4.78 is 32.3. The molecular weight excluding hydrogens is 372 g/mol. The third kappa shape index (κ3) is 5.70. The summed E-state index contributed by atoms with van der Waals surface area (Å²) in [6.45, 7) is 10.2. The van der Waals surface area contributed by atoms with Crippen molar-refractivity contribution in [1.82, 2.24) is 9.62 Å². The molecule has 0 aromatic heterocycles. The van der Waals surface area contributed by atoms with Gasteiger partial charge < -0.3 is 10.1 Å². The second kappa shape index (κ2) is 8.73. The third-order valence-electron chi connectivity index (χ3n) is 3.98. The van der Waals surface area contributed by atoms with E-state index in [1.165, 1.54) is 10.4 Å². The van der Waals surface area contributed by atoms with E-state index in [0.29, 0.717) is 38.4 Å². The molecule has 1 aliphatic rings. The number of ether oxygens (including phenoxy) is 1. The molecule has 0 spiro atoms. The number of nitrogens with zero attached hydrogens (tertiary/aromatic N) is 1. The Morgan fingerprint density at radius 3 is 2.54 bits per heavy atom. The predicted molar refractivity (Wildman–Crippen MR) is 105 cm³/mol. The second-order valence-corrected chi connectivity index (χ2v) is 11.1. The molecule has 26 heavy (non-hydrogen) atoms. The number of morpholine rings is 1. The van der Waals surface area contributed by atoms with Crippen LogP contribution in [0.2, 0.25) is 0 Å². The number of benzene rings is 1. The fourth-order valence-electron chi connectivity index (χ4n) is 2.56. The van der Waals surface area contributed by atoms with E-state index in [1.54, 1.807) is 23.9 Å². The van der Waals surface area contributed by atoms with Crippen LogP contribution in [0.15, 0.2) is 23.1 Å². The molecule has 8 heteroatoms. The van der Waals surface area contributed by atoms with Gasteiger partial charge in [-0.25, -0.2) is 8.42 Å². The van der Waals surface area contributed by atoms with Gasteiger partial charge in [0, 0.05) is 35.7 Å². The Balaban J connectivity index is 2.10. The Kier molecular flexibility index (Phi) is 7.12. The Morgan fingerprint density at radius 2 is 1.92 bits per heavy atom. The van der Waals surface area contributed by atoms with E-state index in [2.05, 4.69) is 26.1 Å². The first-order valence-electron chi connectivity index (χ1n) is 8.72. The van der Waals surface area contributed by atoms with Crippen molar-refractivity contribution in [3.63, 3.8) is 0 Å². The number of hydrogen-bond acceptors (Lipinski definition) is 5. The Hall–Kier alpha value is -1.09. The van der Waals surface area contributed by atoms with E-state index < -0.39 is 10.0 Å². The molecule has 0 aliphatic carbocycles. The monoisotopic (exact) mass is 400 g/mol. The van der Waals surface area contributed by atoms with Crippen LogP contribution in [-0.2, 0) is 14.8 Å². The summed E-state index contributed by atoms with van der Waals surface area (Å²) in [6.07, 6.45) is 0. The number of hydrogen-bond donors (Lipinski definition) is 1. The van der Waals surface area contributed by atoms with Crippen LogP contribution in [0, 0.1) is 6.92 Å². The normalized spacial score (nSPS) is 16.5. The first-order valence-corrected chi connectivity index (χ1v) is 11.1. The number of amides is 1. The maximum absolute atomic E-state index is 12.8. The van der Waals surface area contributed by atoms with Gasteiger partial charge in [-0.15, -0.1) is 0 Å². The van der Waals surface area contributed by atoms with Gasteiger partial charge in [-0.05, 0) is 24.6 Å². The van der Waals surface area contributed by atoms with Crippen LogP contribution in [0.4, 0.5) is 0 Å². The summed E-state index contributed by atoms with van der Waals surface area (Å²) in [6, 6.07) is 4.73. The summed E-state index contributed by atoms with van der Waals surface area (Å²) in [5.41, 5.74) is 1.16. The van der Waals surface area contributed by atoms with E-state index in [0.717, 1.165) is 11.3 Å². The van der Waals surface area contributed by atoms with Crippen molar-refractivity contribution in [1.29, 1.82) is 0 Å². The van der Waals surface area contributed by atoms with Crippen LogP contribution < -0.4 is 5.32 Å². The molecule has 0 saturated carbocycles. The number of thioether (sulfide) groups is 1. The highest BCUT2D eigenvalue weighted by Crippen LogP contribution is 2.23. The van der Waals surface area contributed by atoms with Gasteiger partial charge in [-0.1, -0.05) is 26.8 Å². The van der Waals surface area contributed by atoms with Crippen LogP contribution in [0.5, 0.6) is 0 Å². The van der Waals surface area contributed by atoms with E-state index in [1.807, 2.05) is 6.92 Å². The summed E-state index contributed by atoms with van der Waals surface area (Å²) in [5, 5.41) is 2.88. The standard InChI is InChI=1S/C18H28N2O4S2/c1-14-5-6-15(26(22,23)20-8-10-24-11-9-20)13-16(14)17(21)19-7-12-25-18(2,3)4/h5-6,13H,7-12H2,1-4H3,(H,19,21). The zero-order valence-electron chi connectivity index (χ0n) is 15.9. The van der Waals surface area contributed by atoms with Crippen LogP contribution in [0.3, 0.4) is 0 Å². The van der Waals surface area contributed by atoms with Gasteiger partial charge >= 0.3 is 0 Å². The molecule has 0 bridgehead atoms. The van der Waals surface area contributed by atoms with Gasteiger partial charge in [0.2, 0.25) is 10.0 Å². The van der Waals surface area contributed by atoms with Crippen molar-refractivity contribution >= 4 is 27.7 Å². The van der Waals surface area contributed by atoms with Crippen molar-refractivity contribution in [2.24, 2.45) is 0 Å². The lowest BCUT2D eigenvalue weighted by Crippen LogP contribution is -2.40. The molecule has 0 atom stereocenters. The summed E-state index contributed by atoms with van der Waals surface area (Å²) >= 11 is 1.77. The van der Waals surface area contributed by atoms with Gasteiger partial charge in [0.15, 0.2) is 0 Å². The zero-order valence-corrected chi connectivity index (χ0v) is 17.5. The number of carbonyl (C=O) groups excluding carboxylic acids is 1. The van der Waals surface area contributed by atoms with Crippen molar-refractivity contribution in [3.05, 3.63) is 29.3 Å². The second-order valence-electron chi connectivity index (χ2n) is 7.21. The average Bonchev–Trinajstić information content (AvgIpc) is 2.58. The third-order valence-corrected chi connectivity index (χ3v) is 7.15. The minimum absolute atomic E-state index is 0.146. The molecule has 1 saturated heterocycles. The molecule has 0 radical (unpaired) electrons. The fraction of sp³-hybridized carbons (Fsp3) is 0.611. The van der Waals surface area contributed by atoms with Crippen LogP contribution in [0.1, 0.15) is 36.7 Å². The van der Waals surface area contributed by atoms with E-state index >= 15 is 0 Å². The predicted octanol–water partition coefficient (Wildman–Crippen LogP) is 2.28. The largest absolute Gasteiger partial charge is 0.379 e. The van der Waals surface area contributed by atoms with E-state index in [4.69, 9.17) is 4.74 Å². The van der Waals surface area contributed by atoms with Crippen molar-refractivity contribution in [2.75, 3.05) is 38.6 Å². The highest BCUT2D eigenvalue weighted by Gasteiger charge is 2.27. The zero-order chi connectivity index (χ0) is 19.4. The topological polar surface area (TPSA) is 75.7 Å². The molecule has 2 rings (SSSR count). The van der Waals surface area contributed by atoms with Crippen LogP contribution >= 0.6 is 11.8 Å². The van der Waals surface area contributed by atoms with Gasteiger partial charge in [-0.2, -0.15) is 16.1 Å². The molecule has 1 N–H and O–H groups in total. The SMILES string of the molecule is Cc1ccc(S(=O)(=O)N2CCOCC2)cc1C(=O)NCCSC(C)(C)C. The molecule has 1 aromatic rings. The van der Waals surface area contributed by atoms with Crippen molar-refractivity contribution < 1.29 is 17.9 Å². The van der Waals surface area contributed by atoms with Crippen molar-refractivity contribution in [2.45, 2.75) is 37.3 Å². The summed E-state index contributed by atoms with van der Waals surface area (Å²) in [7, 11) is -3.61. The number of sulfonamides is 1. The Bertz CT molecular complexity index is 736. The molecule has 1 heterocycles. The molecule has 1 aliphatic heterocycles. The maximum Gasteiger partial charge on any atom is 0.251 e. The Labute approximate surface area is 160 Å². The minimum Gasteiger partial charge on any atom is -0.379 e.